The highest BCUT2D eigenvalue weighted by molar-refractivity contribution is 5.85. The predicted molar refractivity (Wildman–Crippen MR) is 87.2 cm³/mol. The third-order valence-electron chi connectivity index (χ3n) is 3.54. The van der Waals surface area contributed by atoms with Gasteiger partial charge in [-0.1, -0.05) is 0 Å². The molecule has 0 aromatic rings. The van der Waals surface area contributed by atoms with Gasteiger partial charge in [0.05, 0.1) is 12.6 Å². The third-order valence-corrected chi connectivity index (χ3v) is 3.54. The SMILES string of the molecule is CN(CCCNC(=O)C(N)C1CCOCC1)CC(F)(F)F.Cl.Cl. The second-order valence-corrected chi connectivity index (χ2v) is 5.47. The van der Waals surface area contributed by atoms with Gasteiger partial charge in [-0.2, -0.15) is 13.2 Å². The number of nitrogens with one attached hydrogen (secondary N) is 1. The highest BCUT2D eigenvalue weighted by Gasteiger charge is 2.29. The number of carbonyl (C=O) groups excluding carboxylic acids is 1. The van der Waals surface area contributed by atoms with Gasteiger partial charge in [0.15, 0.2) is 0 Å². The van der Waals surface area contributed by atoms with Gasteiger partial charge in [0.2, 0.25) is 5.91 Å². The zero-order valence-electron chi connectivity index (χ0n) is 13.1. The molecule has 1 aliphatic rings. The Balaban J connectivity index is 0. The van der Waals surface area contributed by atoms with Crippen molar-refractivity contribution in [2.24, 2.45) is 11.7 Å². The number of halogens is 5. The van der Waals surface area contributed by atoms with E-state index in [4.69, 9.17) is 10.5 Å². The van der Waals surface area contributed by atoms with Gasteiger partial charge in [0.25, 0.3) is 0 Å². The topological polar surface area (TPSA) is 67.6 Å². The Kier molecular flexibility index (Phi) is 13.2. The van der Waals surface area contributed by atoms with Gasteiger partial charge in [-0.15, -0.1) is 24.8 Å². The molecule has 1 fully saturated rings. The van der Waals surface area contributed by atoms with E-state index in [1.165, 1.54) is 11.9 Å². The first-order valence-corrected chi connectivity index (χ1v) is 7.16. The van der Waals surface area contributed by atoms with Crippen LogP contribution in [0.25, 0.3) is 0 Å². The molecule has 3 N–H and O–H groups in total. The predicted octanol–water partition coefficient (Wildman–Crippen LogP) is 1.58. The average Bonchev–Trinajstić information content (AvgIpc) is 2.41. The lowest BCUT2D eigenvalue weighted by Crippen LogP contribution is -2.47. The molecule has 1 aliphatic heterocycles. The lowest BCUT2D eigenvalue weighted by Gasteiger charge is -2.26. The summed E-state index contributed by atoms with van der Waals surface area (Å²) in [6.07, 6.45) is -2.20. The molecule has 1 atom stereocenters. The summed E-state index contributed by atoms with van der Waals surface area (Å²) in [6, 6.07) is -0.568. The second kappa shape index (κ2) is 12.1. The number of rotatable bonds is 7. The maximum atomic E-state index is 12.1. The highest BCUT2D eigenvalue weighted by Crippen LogP contribution is 2.17. The number of nitrogens with zero attached hydrogens (tertiary/aromatic N) is 1. The Hall–Kier alpha value is -0.280. The molecule has 5 nitrogen and oxygen atoms in total. The molecule has 23 heavy (non-hydrogen) atoms. The van der Waals surface area contributed by atoms with Gasteiger partial charge in [-0.05, 0) is 38.8 Å². The van der Waals surface area contributed by atoms with E-state index in [0.29, 0.717) is 26.2 Å². The monoisotopic (exact) mass is 383 g/mol. The molecule has 10 heteroatoms. The van der Waals surface area contributed by atoms with E-state index < -0.39 is 18.8 Å². The first-order valence-electron chi connectivity index (χ1n) is 7.16. The summed E-state index contributed by atoms with van der Waals surface area (Å²) in [5.74, 6) is -0.118. The Morgan fingerprint density at radius 2 is 1.91 bits per heavy atom. The van der Waals surface area contributed by atoms with E-state index >= 15 is 0 Å². The van der Waals surface area contributed by atoms with Crippen molar-refractivity contribution >= 4 is 30.7 Å². The molecule has 1 saturated heterocycles. The van der Waals surface area contributed by atoms with Crippen LogP contribution in [0.15, 0.2) is 0 Å². The van der Waals surface area contributed by atoms with Gasteiger partial charge >= 0.3 is 6.18 Å². The van der Waals surface area contributed by atoms with E-state index in [1.54, 1.807) is 0 Å². The van der Waals surface area contributed by atoms with Crippen LogP contribution in [0.2, 0.25) is 0 Å². The van der Waals surface area contributed by atoms with Gasteiger partial charge in [-0.3, -0.25) is 9.69 Å². The Morgan fingerprint density at radius 3 is 2.43 bits per heavy atom. The Morgan fingerprint density at radius 1 is 1.35 bits per heavy atom. The number of carbonyl (C=O) groups is 1. The van der Waals surface area contributed by atoms with Gasteiger partial charge in [-0.25, -0.2) is 0 Å². The van der Waals surface area contributed by atoms with E-state index in [0.717, 1.165) is 12.8 Å². The molecule has 1 rings (SSSR count). The smallest absolute Gasteiger partial charge is 0.381 e. The van der Waals surface area contributed by atoms with Crippen LogP contribution in [0.1, 0.15) is 19.3 Å². The minimum Gasteiger partial charge on any atom is -0.381 e. The molecule has 140 valence electrons. The molecule has 1 amide bonds. The number of amides is 1. The maximum absolute atomic E-state index is 12.1. The number of hydrogen-bond acceptors (Lipinski definition) is 4. The van der Waals surface area contributed by atoms with Crippen LogP contribution in [0.5, 0.6) is 0 Å². The van der Waals surface area contributed by atoms with Crippen molar-refractivity contribution in [2.75, 3.05) is 39.9 Å². The molecular formula is C13H26Cl2F3N3O2. The lowest BCUT2D eigenvalue weighted by atomic mass is 9.92. The largest absolute Gasteiger partial charge is 0.401 e. The fraction of sp³-hybridized carbons (Fsp3) is 0.923. The molecule has 0 aliphatic carbocycles. The van der Waals surface area contributed by atoms with E-state index in [9.17, 15) is 18.0 Å². The summed E-state index contributed by atoms with van der Waals surface area (Å²) < 4.78 is 41.6. The standard InChI is InChI=1S/C13H24F3N3O2.2ClH/c1-19(9-13(14,15)16)6-2-5-18-12(20)11(17)10-3-7-21-8-4-10;;/h10-11H,2-9,17H2,1H3,(H,18,20);2*1H. The molecule has 1 unspecified atom stereocenters. The van der Waals surface area contributed by atoms with Crippen molar-refractivity contribution in [2.45, 2.75) is 31.5 Å². The van der Waals surface area contributed by atoms with Crippen molar-refractivity contribution in [3.05, 3.63) is 0 Å². The van der Waals surface area contributed by atoms with Crippen LogP contribution >= 0.6 is 24.8 Å². The fourth-order valence-electron chi connectivity index (χ4n) is 2.35. The van der Waals surface area contributed by atoms with Gasteiger partial charge in [0, 0.05) is 19.8 Å². The van der Waals surface area contributed by atoms with Crippen molar-refractivity contribution in [3.63, 3.8) is 0 Å². The Bertz CT molecular complexity index is 330. The van der Waals surface area contributed by atoms with E-state index in [1.807, 2.05) is 0 Å². The second-order valence-electron chi connectivity index (χ2n) is 5.47. The molecule has 0 spiro atoms. The van der Waals surface area contributed by atoms with E-state index in [-0.39, 0.29) is 43.2 Å². The van der Waals surface area contributed by atoms with Gasteiger partial charge < -0.3 is 15.8 Å². The minimum atomic E-state index is -4.19. The summed E-state index contributed by atoms with van der Waals surface area (Å²) in [6.45, 7) is 0.897. The molecular weight excluding hydrogens is 358 g/mol. The van der Waals surface area contributed by atoms with Crippen LogP contribution < -0.4 is 11.1 Å². The first kappa shape index (κ1) is 25.0. The maximum Gasteiger partial charge on any atom is 0.401 e. The molecule has 1 heterocycles. The minimum absolute atomic E-state index is 0. The normalized spacial score (nSPS) is 17.1. The molecule has 0 bridgehead atoms. The number of ether oxygens (including phenoxy) is 1. The summed E-state index contributed by atoms with van der Waals surface area (Å²) >= 11 is 0. The molecule has 0 radical (unpaired) electrons. The summed E-state index contributed by atoms with van der Waals surface area (Å²) in [5, 5.41) is 2.69. The van der Waals surface area contributed by atoms with Crippen LogP contribution in [-0.4, -0.2) is 62.9 Å². The number of hydrogen-bond donors (Lipinski definition) is 2. The van der Waals surface area contributed by atoms with Crippen LogP contribution in [0.4, 0.5) is 13.2 Å². The molecule has 0 aromatic heterocycles. The van der Waals surface area contributed by atoms with Crippen LogP contribution in [0.3, 0.4) is 0 Å². The average molecular weight is 384 g/mol. The fourth-order valence-corrected chi connectivity index (χ4v) is 2.35. The summed E-state index contributed by atoms with van der Waals surface area (Å²) in [4.78, 5) is 13.0. The van der Waals surface area contributed by atoms with Crippen molar-refractivity contribution in [1.82, 2.24) is 10.2 Å². The zero-order chi connectivity index (χ0) is 15.9. The zero-order valence-corrected chi connectivity index (χ0v) is 14.7. The van der Waals surface area contributed by atoms with Crippen molar-refractivity contribution in [1.29, 1.82) is 0 Å². The third kappa shape index (κ3) is 11.0. The lowest BCUT2D eigenvalue weighted by molar-refractivity contribution is -0.143. The Labute approximate surface area is 147 Å². The first-order chi connectivity index (χ1) is 9.79. The summed E-state index contributed by atoms with van der Waals surface area (Å²) in [5.41, 5.74) is 5.89. The van der Waals surface area contributed by atoms with Gasteiger partial charge in [0.1, 0.15) is 0 Å². The summed E-state index contributed by atoms with van der Waals surface area (Å²) in [7, 11) is 1.41. The highest BCUT2D eigenvalue weighted by atomic mass is 35.5. The number of alkyl halides is 3. The van der Waals surface area contributed by atoms with Crippen LogP contribution in [0, 0.1) is 5.92 Å². The number of nitrogens with two attached hydrogens (primary N) is 1. The van der Waals surface area contributed by atoms with Crippen LogP contribution in [-0.2, 0) is 9.53 Å². The van der Waals surface area contributed by atoms with E-state index in [2.05, 4.69) is 5.32 Å². The van der Waals surface area contributed by atoms with Crippen molar-refractivity contribution in [3.8, 4) is 0 Å². The molecule has 0 saturated carbocycles. The molecule has 0 aromatic carbocycles. The van der Waals surface area contributed by atoms with Crippen molar-refractivity contribution < 1.29 is 22.7 Å². The quantitative estimate of drug-likeness (QED) is 0.655.